The van der Waals surface area contributed by atoms with Gasteiger partial charge in [0.05, 0.1) is 5.75 Å². The molecule has 16 heavy (non-hydrogen) atoms. The molecule has 0 N–H and O–H groups in total. The van der Waals surface area contributed by atoms with Crippen LogP contribution in [-0.2, 0) is 4.79 Å². The quantitative estimate of drug-likeness (QED) is 0.692. The fraction of sp³-hybridized carbons (Fsp3) is 0.500. The van der Waals surface area contributed by atoms with Crippen LogP contribution in [0.4, 0.5) is 0 Å². The highest BCUT2D eigenvalue weighted by atomic mass is 32.2. The van der Waals surface area contributed by atoms with Gasteiger partial charge in [0.15, 0.2) is 0 Å². The summed E-state index contributed by atoms with van der Waals surface area (Å²) in [4.78, 5) is 12.8. The van der Waals surface area contributed by atoms with Gasteiger partial charge >= 0.3 is 0 Å². The monoisotopic (exact) mass is 236 g/mol. The summed E-state index contributed by atoms with van der Waals surface area (Å²) in [5, 5.41) is 0. The van der Waals surface area contributed by atoms with E-state index in [-0.39, 0.29) is 0 Å². The zero-order chi connectivity index (χ0) is 12.0. The zero-order valence-corrected chi connectivity index (χ0v) is 11.1. The molecule has 0 heterocycles. The molecule has 0 saturated heterocycles. The lowest BCUT2D eigenvalue weighted by Gasteiger charge is -2.07. The van der Waals surface area contributed by atoms with Crippen LogP contribution in [0.25, 0.3) is 0 Å². The molecule has 0 bridgehead atoms. The van der Waals surface area contributed by atoms with Gasteiger partial charge in [0.25, 0.3) is 0 Å². The largest absolute Gasteiger partial charge is 0.299 e. The molecule has 0 radical (unpaired) electrons. The highest BCUT2D eigenvalue weighted by Crippen LogP contribution is 2.20. The SMILES string of the molecule is CCC(C)CC(=O)CSc1cccc(C)c1. The van der Waals surface area contributed by atoms with Crippen molar-refractivity contribution in [3.63, 3.8) is 0 Å². The van der Waals surface area contributed by atoms with Crippen molar-refractivity contribution in [3.8, 4) is 0 Å². The van der Waals surface area contributed by atoms with Gasteiger partial charge in [-0.1, -0.05) is 38.0 Å². The molecule has 2 heteroatoms. The van der Waals surface area contributed by atoms with Gasteiger partial charge < -0.3 is 0 Å². The van der Waals surface area contributed by atoms with Gasteiger partial charge in [-0.15, -0.1) is 11.8 Å². The first-order valence-electron chi connectivity index (χ1n) is 5.83. The number of hydrogen-bond acceptors (Lipinski definition) is 2. The number of aryl methyl sites for hydroxylation is 1. The van der Waals surface area contributed by atoms with Crippen LogP contribution in [0.2, 0.25) is 0 Å². The maximum Gasteiger partial charge on any atom is 0.143 e. The Morgan fingerprint density at radius 1 is 1.44 bits per heavy atom. The van der Waals surface area contributed by atoms with E-state index in [9.17, 15) is 4.79 Å². The van der Waals surface area contributed by atoms with E-state index in [1.165, 1.54) is 10.5 Å². The molecule has 0 aliphatic carbocycles. The maximum absolute atomic E-state index is 11.6. The van der Waals surface area contributed by atoms with Gasteiger partial charge in [0, 0.05) is 11.3 Å². The third-order valence-corrected chi connectivity index (χ3v) is 3.72. The van der Waals surface area contributed by atoms with E-state index in [4.69, 9.17) is 0 Å². The topological polar surface area (TPSA) is 17.1 Å². The average Bonchev–Trinajstić information content (AvgIpc) is 2.26. The highest BCUT2D eigenvalue weighted by molar-refractivity contribution is 8.00. The lowest BCUT2D eigenvalue weighted by atomic mass is 10.0. The van der Waals surface area contributed by atoms with Crippen LogP contribution in [0.15, 0.2) is 29.2 Å². The van der Waals surface area contributed by atoms with E-state index in [1.807, 2.05) is 6.07 Å². The zero-order valence-electron chi connectivity index (χ0n) is 10.3. The Morgan fingerprint density at radius 2 is 2.19 bits per heavy atom. The highest BCUT2D eigenvalue weighted by Gasteiger charge is 2.07. The third kappa shape index (κ3) is 4.84. The molecule has 1 aromatic rings. The lowest BCUT2D eigenvalue weighted by Crippen LogP contribution is -2.07. The van der Waals surface area contributed by atoms with E-state index in [0.717, 1.165) is 12.8 Å². The standard InChI is InChI=1S/C14H20OS/c1-4-11(2)8-13(15)10-16-14-7-5-6-12(3)9-14/h5-7,9,11H,4,8,10H2,1-3H3. The molecule has 0 fully saturated rings. The first-order valence-corrected chi connectivity index (χ1v) is 6.81. The van der Waals surface area contributed by atoms with Crippen molar-refractivity contribution in [2.24, 2.45) is 5.92 Å². The summed E-state index contributed by atoms with van der Waals surface area (Å²) >= 11 is 1.65. The number of Topliss-reactive ketones (excluding diaryl/α,β-unsaturated/α-hetero) is 1. The molecule has 0 aromatic heterocycles. The summed E-state index contributed by atoms with van der Waals surface area (Å²) in [6.07, 6.45) is 1.80. The average molecular weight is 236 g/mol. The Labute approximate surface area is 103 Å². The van der Waals surface area contributed by atoms with Crippen molar-refractivity contribution in [3.05, 3.63) is 29.8 Å². The van der Waals surface area contributed by atoms with Gasteiger partial charge in [-0.2, -0.15) is 0 Å². The summed E-state index contributed by atoms with van der Waals surface area (Å²) in [5.41, 5.74) is 1.25. The summed E-state index contributed by atoms with van der Waals surface area (Å²) < 4.78 is 0. The van der Waals surface area contributed by atoms with E-state index in [2.05, 4.69) is 39.0 Å². The third-order valence-electron chi connectivity index (χ3n) is 2.66. The van der Waals surface area contributed by atoms with Gasteiger partial charge in [0.1, 0.15) is 5.78 Å². The Morgan fingerprint density at radius 3 is 2.81 bits per heavy atom. The second kappa shape index (κ2) is 6.74. The number of carbonyl (C=O) groups is 1. The number of benzene rings is 1. The Bertz CT molecular complexity index is 346. The Hall–Kier alpha value is -0.760. The van der Waals surface area contributed by atoms with E-state index >= 15 is 0 Å². The molecule has 0 spiro atoms. The van der Waals surface area contributed by atoms with Crippen LogP contribution in [0.3, 0.4) is 0 Å². The lowest BCUT2D eigenvalue weighted by molar-refractivity contribution is -0.117. The maximum atomic E-state index is 11.6. The van der Waals surface area contributed by atoms with Crippen LogP contribution < -0.4 is 0 Å². The molecular weight excluding hydrogens is 216 g/mol. The minimum atomic E-state index is 0.362. The van der Waals surface area contributed by atoms with Gasteiger partial charge in [-0.25, -0.2) is 0 Å². The van der Waals surface area contributed by atoms with Gasteiger partial charge in [0.2, 0.25) is 0 Å². The number of rotatable bonds is 6. The van der Waals surface area contributed by atoms with Gasteiger partial charge in [-0.05, 0) is 25.0 Å². The number of hydrogen-bond donors (Lipinski definition) is 0. The van der Waals surface area contributed by atoms with Gasteiger partial charge in [-0.3, -0.25) is 4.79 Å². The predicted molar refractivity (Wildman–Crippen MR) is 71.0 cm³/mol. The number of thioether (sulfide) groups is 1. The molecule has 0 aliphatic rings. The van der Waals surface area contributed by atoms with E-state index in [1.54, 1.807) is 11.8 Å². The molecule has 1 rings (SSSR count). The smallest absolute Gasteiger partial charge is 0.143 e. The second-order valence-electron chi connectivity index (χ2n) is 4.36. The van der Waals surface area contributed by atoms with Crippen LogP contribution in [-0.4, -0.2) is 11.5 Å². The molecule has 0 aliphatic heterocycles. The fourth-order valence-electron chi connectivity index (χ4n) is 1.46. The van der Waals surface area contributed by atoms with Crippen LogP contribution in [0.5, 0.6) is 0 Å². The second-order valence-corrected chi connectivity index (χ2v) is 5.41. The first-order chi connectivity index (χ1) is 7.61. The fourth-order valence-corrected chi connectivity index (χ4v) is 2.35. The number of ketones is 1. The molecule has 1 atom stereocenters. The van der Waals surface area contributed by atoms with Crippen LogP contribution in [0, 0.1) is 12.8 Å². The van der Waals surface area contributed by atoms with Crippen molar-refractivity contribution >= 4 is 17.5 Å². The van der Waals surface area contributed by atoms with Crippen molar-refractivity contribution in [2.45, 2.75) is 38.5 Å². The summed E-state index contributed by atoms with van der Waals surface area (Å²) in [6, 6.07) is 8.30. The summed E-state index contributed by atoms with van der Waals surface area (Å²) in [6.45, 7) is 6.34. The molecule has 1 nitrogen and oxygen atoms in total. The van der Waals surface area contributed by atoms with Crippen molar-refractivity contribution in [2.75, 3.05) is 5.75 Å². The molecule has 0 amide bonds. The molecule has 1 unspecified atom stereocenters. The normalized spacial score (nSPS) is 12.4. The molecular formula is C14H20OS. The Balaban J connectivity index is 2.37. The summed E-state index contributed by atoms with van der Waals surface area (Å²) in [5.74, 6) is 1.49. The molecule has 0 saturated carbocycles. The van der Waals surface area contributed by atoms with Crippen molar-refractivity contribution in [1.82, 2.24) is 0 Å². The van der Waals surface area contributed by atoms with E-state index < -0.39 is 0 Å². The minimum absolute atomic E-state index is 0.362. The predicted octanol–water partition coefficient (Wildman–Crippen LogP) is 4.09. The first kappa shape index (κ1) is 13.3. The number of carbonyl (C=O) groups excluding carboxylic acids is 1. The molecule has 1 aromatic carbocycles. The van der Waals surface area contributed by atoms with Crippen molar-refractivity contribution < 1.29 is 4.79 Å². The molecule has 88 valence electrons. The Kier molecular flexibility index (Phi) is 5.61. The minimum Gasteiger partial charge on any atom is -0.299 e. The summed E-state index contributed by atoms with van der Waals surface area (Å²) in [7, 11) is 0. The van der Waals surface area contributed by atoms with Crippen LogP contribution in [0.1, 0.15) is 32.3 Å². The van der Waals surface area contributed by atoms with Crippen LogP contribution >= 0.6 is 11.8 Å². The van der Waals surface area contributed by atoms with Crippen molar-refractivity contribution in [1.29, 1.82) is 0 Å². The van der Waals surface area contributed by atoms with E-state index in [0.29, 0.717) is 17.5 Å².